The van der Waals surface area contributed by atoms with Gasteiger partial charge in [0.2, 0.25) is 5.91 Å². The van der Waals surface area contributed by atoms with Crippen LogP contribution < -0.4 is 5.32 Å². The second-order valence-corrected chi connectivity index (χ2v) is 3.15. The van der Waals surface area contributed by atoms with Crippen LogP contribution in [-0.4, -0.2) is 21.5 Å². The Morgan fingerprint density at radius 3 is 3.38 bits per heavy atom. The van der Waals surface area contributed by atoms with Crippen LogP contribution in [0.15, 0.2) is 25.2 Å². The van der Waals surface area contributed by atoms with Gasteiger partial charge in [-0.05, 0) is 6.08 Å². The van der Waals surface area contributed by atoms with Gasteiger partial charge in [-0.1, -0.05) is 6.58 Å². The molecule has 1 N–H and O–H groups in total. The van der Waals surface area contributed by atoms with Crippen LogP contribution in [-0.2, 0) is 17.8 Å². The normalized spacial score (nSPS) is 19.5. The predicted octanol–water partition coefficient (Wildman–Crippen LogP) is 0.110. The van der Waals surface area contributed by atoms with Crippen molar-refractivity contribution in [1.82, 2.24) is 14.9 Å². The molecule has 1 aliphatic heterocycles. The summed E-state index contributed by atoms with van der Waals surface area (Å²) in [6.45, 7) is 4.22. The molecule has 68 valence electrons. The van der Waals surface area contributed by atoms with Crippen molar-refractivity contribution < 1.29 is 4.79 Å². The van der Waals surface area contributed by atoms with Gasteiger partial charge in [0.25, 0.3) is 0 Å². The Hall–Kier alpha value is -1.58. The number of imidazole rings is 1. The molecule has 1 unspecified atom stereocenters. The Morgan fingerprint density at radius 2 is 2.69 bits per heavy atom. The maximum atomic E-state index is 11.0. The summed E-state index contributed by atoms with van der Waals surface area (Å²) in [4.78, 5) is 15.0. The van der Waals surface area contributed by atoms with Crippen LogP contribution in [0.4, 0.5) is 0 Å². The quantitative estimate of drug-likeness (QED) is 0.652. The van der Waals surface area contributed by atoms with Crippen molar-refractivity contribution in [3.8, 4) is 0 Å². The molecule has 0 fully saturated rings. The standard InChI is InChI=1S/C9H11N3O/c1-2-9(13)11-7-3-8-4-10-6-12(8)5-7/h2,4,6-7H,1,3,5H2,(H,11,13). The van der Waals surface area contributed by atoms with Gasteiger partial charge < -0.3 is 9.88 Å². The Labute approximate surface area is 76.3 Å². The minimum Gasteiger partial charge on any atom is -0.348 e. The lowest BCUT2D eigenvalue weighted by molar-refractivity contribution is -0.117. The molecule has 4 heteroatoms. The van der Waals surface area contributed by atoms with Gasteiger partial charge in [0.05, 0.1) is 12.4 Å². The number of carbonyl (C=O) groups is 1. The zero-order valence-electron chi connectivity index (χ0n) is 7.23. The van der Waals surface area contributed by atoms with E-state index < -0.39 is 0 Å². The molecule has 1 aromatic rings. The molecule has 0 bridgehead atoms. The first-order valence-corrected chi connectivity index (χ1v) is 4.21. The number of rotatable bonds is 2. The van der Waals surface area contributed by atoms with E-state index in [4.69, 9.17) is 0 Å². The summed E-state index contributed by atoms with van der Waals surface area (Å²) in [6, 6.07) is 0.198. The van der Waals surface area contributed by atoms with E-state index in [1.54, 1.807) is 6.33 Å². The van der Waals surface area contributed by atoms with E-state index in [1.807, 2.05) is 10.8 Å². The zero-order chi connectivity index (χ0) is 9.26. The van der Waals surface area contributed by atoms with Crippen molar-refractivity contribution in [2.24, 2.45) is 0 Å². The minimum absolute atomic E-state index is 0.108. The van der Waals surface area contributed by atoms with Crippen molar-refractivity contribution in [1.29, 1.82) is 0 Å². The summed E-state index contributed by atoms with van der Waals surface area (Å²) in [6.07, 6.45) is 5.78. The van der Waals surface area contributed by atoms with E-state index in [9.17, 15) is 4.79 Å². The molecule has 13 heavy (non-hydrogen) atoms. The van der Waals surface area contributed by atoms with Crippen molar-refractivity contribution >= 4 is 5.91 Å². The van der Waals surface area contributed by atoms with Crippen molar-refractivity contribution in [2.45, 2.75) is 19.0 Å². The SMILES string of the molecule is C=CC(=O)NC1Cc2cncn2C1. The van der Waals surface area contributed by atoms with Crippen LogP contribution in [0.3, 0.4) is 0 Å². The van der Waals surface area contributed by atoms with Crippen molar-refractivity contribution in [3.63, 3.8) is 0 Å². The summed E-state index contributed by atoms with van der Waals surface area (Å²) < 4.78 is 2.05. The molecule has 0 radical (unpaired) electrons. The third kappa shape index (κ3) is 1.47. The van der Waals surface area contributed by atoms with Crippen molar-refractivity contribution in [3.05, 3.63) is 30.9 Å². The van der Waals surface area contributed by atoms with Gasteiger partial charge in [-0.2, -0.15) is 0 Å². The monoisotopic (exact) mass is 177 g/mol. The van der Waals surface area contributed by atoms with Gasteiger partial charge in [-0.25, -0.2) is 4.98 Å². The summed E-state index contributed by atoms with van der Waals surface area (Å²) in [7, 11) is 0. The summed E-state index contributed by atoms with van der Waals surface area (Å²) >= 11 is 0. The van der Waals surface area contributed by atoms with E-state index >= 15 is 0 Å². The van der Waals surface area contributed by atoms with Gasteiger partial charge in [-0.3, -0.25) is 4.79 Å². The fourth-order valence-electron chi connectivity index (χ4n) is 1.59. The Balaban J connectivity index is 1.98. The lowest BCUT2D eigenvalue weighted by Crippen LogP contribution is -2.34. The lowest BCUT2D eigenvalue weighted by Gasteiger charge is -2.08. The molecule has 0 saturated heterocycles. The van der Waals surface area contributed by atoms with E-state index in [0.29, 0.717) is 0 Å². The highest BCUT2D eigenvalue weighted by Crippen LogP contribution is 2.13. The van der Waals surface area contributed by atoms with E-state index in [2.05, 4.69) is 16.9 Å². The molecule has 1 amide bonds. The van der Waals surface area contributed by atoms with Gasteiger partial charge >= 0.3 is 0 Å². The van der Waals surface area contributed by atoms with E-state index in [-0.39, 0.29) is 11.9 Å². The van der Waals surface area contributed by atoms with Crippen LogP contribution in [0.2, 0.25) is 0 Å². The molecule has 0 spiro atoms. The molecule has 0 aromatic carbocycles. The average molecular weight is 177 g/mol. The second kappa shape index (κ2) is 3.05. The first-order chi connectivity index (χ1) is 6.29. The predicted molar refractivity (Wildman–Crippen MR) is 48.1 cm³/mol. The van der Waals surface area contributed by atoms with Crippen LogP contribution in [0.25, 0.3) is 0 Å². The van der Waals surface area contributed by atoms with Gasteiger partial charge in [0.1, 0.15) is 0 Å². The topological polar surface area (TPSA) is 46.9 Å². The van der Waals surface area contributed by atoms with Crippen LogP contribution >= 0.6 is 0 Å². The number of fused-ring (bicyclic) bond motifs is 1. The fourth-order valence-corrected chi connectivity index (χ4v) is 1.59. The molecule has 2 rings (SSSR count). The molecule has 1 aromatic heterocycles. The average Bonchev–Trinajstić information content (AvgIpc) is 2.63. The van der Waals surface area contributed by atoms with E-state index in [1.165, 1.54) is 11.8 Å². The number of nitrogens with zero attached hydrogens (tertiary/aromatic N) is 2. The molecule has 0 aliphatic carbocycles. The maximum Gasteiger partial charge on any atom is 0.243 e. The highest BCUT2D eigenvalue weighted by molar-refractivity contribution is 5.87. The highest BCUT2D eigenvalue weighted by Gasteiger charge is 2.21. The molecule has 0 saturated carbocycles. The number of nitrogens with one attached hydrogen (secondary N) is 1. The van der Waals surface area contributed by atoms with Crippen LogP contribution in [0.5, 0.6) is 0 Å². The first-order valence-electron chi connectivity index (χ1n) is 4.21. The largest absolute Gasteiger partial charge is 0.348 e. The number of aromatic nitrogens is 2. The lowest BCUT2D eigenvalue weighted by atomic mass is 10.2. The Morgan fingerprint density at radius 1 is 1.85 bits per heavy atom. The summed E-state index contributed by atoms with van der Waals surface area (Å²) in [5.74, 6) is -0.108. The first kappa shape index (κ1) is 8.04. The molecular weight excluding hydrogens is 166 g/mol. The minimum atomic E-state index is -0.108. The number of carbonyl (C=O) groups excluding carboxylic acids is 1. The summed E-state index contributed by atoms with van der Waals surface area (Å²) in [5, 5.41) is 2.86. The third-order valence-electron chi connectivity index (χ3n) is 2.20. The van der Waals surface area contributed by atoms with Gasteiger partial charge in [0, 0.05) is 24.9 Å². The molecule has 1 atom stereocenters. The van der Waals surface area contributed by atoms with E-state index in [0.717, 1.165) is 13.0 Å². The van der Waals surface area contributed by atoms with Crippen LogP contribution in [0, 0.1) is 0 Å². The Bertz CT molecular complexity index is 322. The molecule has 4 nitrogen and oxygen atoms in total. The van der Waals surface area contributed by atoms with Crippen molar-refractivity contribution in [2.75, 3.05) is 0 Å². The zero-order valence-corrected chi connectivity index (χ0v) is 7.23. The number of amides is 1. The van der Waals surface area contributed by atoms with Crippen LogP contribution in [0.1, 0.15) is 5.69 Å². The molecular formula is C9H11N3O. The number of hydrogen-bond donors (Lipinski definition) is 1. The Kier molecular flexibility index (Phi) is 1.88. The molecule has 1 aliphatic rings. The highest BCUT2D eigenvalue weighted by atomic mass is 16.1. The van der Waals surface area contributed by atoms with Gasteiger partial charge in [-0.15, -0.1) is 0 Å². The van der Waals surface area contributed by atoms with Gasteiger partial charge in [0.15, 0.2) is 0 Å². The fraction of sp³-hybridized carbons (Fsp3) is 0.333. The second-order valence-electron chi connectivity index (χ2n) is 3.15. The number of hydrogen-bond acceptors (Lipinski definition) is 2. The molecule has 2 heterocycles. The third-order valence-corrected chi connectivity index (χ3v) is 2.20. The maximum absolute atomic E-state index is 11.0. The smallest absolute Gasteiger partial charge is 0.243 e. The summed E-state index contributed by atoms with van der Waals surface area (Å²) in [5.41, 5.74) is 1.18.